The number of hydrogen-bond donors (Lipinski definition) is 2. The van der Waals surface area contributed by atoms with Crippen LogP contribution in [0.4, 0.5) is 0 Å². The van der Waals surface area contributed by atoms with Gasteiger partial charge in [0.15, 0.2) is 5.96 Å². The zero-order valence-corrected chi connectivity index (χ0v) is 9.60. The summed E-state index contributed by atoms with van der Waals surface area (Å²) in [5.74, 6) is 0.588. The maximum atomic E-state index is 8.49. The molecule has 1 fully saturated rings. The van der Waals surface area contributed by atoms with Gasteiger partial charge in [0.1, 0.15) is 0 Å². The molecule has 1 aliphatic heterocycles. The summed E-state index contributed by atoms with van der Waals surface area (Å²) in [6.45, 7) is 4.80. The minimum Gasteiger partial charge on any atom is -0.394 e. The van der Waals surface area contributed by atoms with E-state index in [-0.39, 0.29) is 6.61 Å². The van der Waals surface area contributed by atoms with E-state index in [9.17, 15) is 0 Å². The molecule has 0 bridgehead atoms. The minimum absolute atomic E-state index is 0.0686. The van der Waals surface area contributed by atoms with Gasteiger partial charge in [0, 0.05) is 26.2 Å². The maximum absolute atomic E-state index is 8.49. The quantitative estimate of drug-likeness (QED) is 0.349. The molecule has 0 spiro atoms. The summed E-state index contributed by atoms with van der Waals surface area (Å²) in [4.78, 5) is 6.29. The van der Waals surface area contributed by atoms with Gasteiger partial charge in [-0.3, -0.25) is 4.99 Å². The van der Waals surface area contributed by atoms with Crippen LogP contribution in [0.25, 0.3) is 0 Å². The number of nitrogens with zero attached hydrogens (tertiary/aromatic N) is 2. The molecule has 0 aromatic carbocycles. The van der Waals surface area contributed by atoms with E-state index in [1.54, 1.807) is 0 Å². The summed E-state index contributed by atoms with van der Waals surface area (Å²) in [6.07, 6.45) is 0.824. The van der Waals surface area contributed by atoms with Gasteiger partial charge in [0.2, 0.25) is 0 Å². The fourth-order valence-corrected chi connectivity index (χ4v) is 1.42. The van der Waals surface area contributed by atoms with Gasteiger partial charge in [-0.25, -0.2) is 0 Å². The molecule has 0 aromatic rings. The van der Waals surface area contributed by atoms with Crippen LogP contribution in [0, 0.1) is 0 Å². The van der Waals surface area contributed by atoms with E-state index in [1.165, 1.54) is 0 Å². The zero-order valence-electron chi connectivity index (χ0n) is 9.60. The van der Waals surface area contributed by atoms with Gasteiger partial charge in [-0.1, -0.05) is 0 Å². The Morgan fingerprint density at radius 3 is 2.81 bits per heavy atom. The summed E-state index contributed by atoms with van der Waals surface area (Å²) < 4.78 is 10.3. The number of rotatable bonds is 6. The number of morpholine rings is 1. The number of aliphatic hydroxyl groups is 1. The van der Waals surface area contributed by atoms with E-state index >= 15 is 0 Å². The van der Waals surface area contributed by atoms with Gasteiger partial charge in [-0.15, -0.1) is 0 Å². The molecule has 0 amide bonds. The fourth-order valence-electron chi connectivity index (χ4n) is 1.42. The van der Waals surface area contributed by atoms with Gasteiger partial charge in [0.25, 0.3) is 0 Å². The second kappa shape index (κ2) is 8.32. The first-order valence-corrected chi connectivity index (χ1v) is 5.66. The van der Waals surface area contributed by atoms with Gasteiger partial charge < -0.3 is 25.2 Å². The number of nitrogens with two attached hydrogens (primary N) is 1. The predicted molar refractivity (Wildman–Crippen MR) is 61.4 cm³/mol. The Hall–Kier alpha value is -0.850. The molecule has 0 unspecified atom stereocenters. The Balaban J connectivity index is 2.07. The Kier molecular flexibility index (Phi) is 6.87. The summed E-state index contributed by atoms with van der Waals surface area (Å²) in [5, 5.41) is 8.49. The summed E-state index contributed by atoms with van der Waals surface area (Å²) in [7, 11) is 0. The number of hydrogen-bond acceptors (Lipinski definition) is 4. The molecule has 3 N–H and O–H groups in total. The third-order valence-electron chi connectivity index (χ3n) is 2.29. The zero-order chi connectivity index (χ0) is 11.6. The average Bonchev–Trinajstić information content (AvgIpc) is 2.34. The molecule has 0 aliphatic carbocycles. The normalized spacial score (nSPS) is 17.8. The smallest absolute Gasteiger partial charge is 0.191 e. The van der Waals surface area contributed by atoms with Crippen molar-refractivity contribution in [3.8, 4) is 0 Å². The van der Waals surface area contributed by atoms with Gasteiger partial charge in [0.05, 0.1) is 26.4 Å². The van der Waals surface area contributed by atoms with E-state index in [2.05, 4.69) is 4.99 Å². The van der Waals surface area contributed by atoms with Crippen molar-refractivity contribution in [3.63, 3.8) is 0 Å². The summed E-state index contributed by atoms with van der Waals surface area (Å²) in [5.41, 5.74) is 5.83. The van der Waals surface area contributed by atoms with Crippen molar-refractivity contribution in [2.45, 2.75) is 6.42 Å². The van der Waals surface area contributed by atoms with Crippen LogP contribution in [-0.4, -0.2) is 68.6 Å². The molecule has 1 heterocycles. The molecular formula is C10H21N3O3. The Morgan fingerprint density at radius 1 is 1.38 bits per heavy atom. The monoisotopic (exact) mass is 231 g/mol. The molecule has 94 valence electrons. The summed E-state index contributed by atoms with van der Waals surface area (Å²) in [6, 6.07) is 0. The van der Waals surface area contributed by atoms with Crippen LogP contribution >= 0.6 is 0 Å². The minimum atomic E-state index is 0.0686. The highest BCUT2D eigenvalue weighted by molar-refractivity contribution is 5.78. The van der Waals surface area contributed by atoms with Crippen molar-refractivity contribution in [2.75, 3.05) is 52.7 Å². The number of ether oxygens (including phenoxy) is 2. The topological polar surface area (TPSA) is 80.3 Å². The fraction of sp³-hybridized carbons (Fsp3) is 0.900. The second-order valence-corrected chi connectivity index (χ2v) is 3.53. The lowest BCUT2D eigenvalue weighted by Crippen LogP contribution is -2.44. The van der Waals surface area contributed by atoms with Crippen LogP contribution in [0.1, 0.15) is 6.42 Å². The summed E-state index contributed by atoms with van der Waals surface area (Å²) >= 11 is 0. The first-order valence-electron chi connectivity index (χ1n) is 5.66. The van der Waals surface area contributed by atoms with E-state index in [0.29, 0.717) is 25.7 Å². The molecule has 0 saturated carbocycles. The average molecular weight is 231 g/mol. The molecule has 1 aliphatic rings. The highest BCUT2D eigenvalue weighted by Crippen LogP contribution is 1.96. The molecule has 1 saturated heterocycles. The van der Waals surface area contributed by atoms with Crippen molar-refractivity contribution >= 4 is 5.96 Å². The van der Waals surface area contributed by atoms with Crippen molar-refractivity contribution in [3.05, 3.63) is 0 Å². The Labute approximate surface area is 96.0 Å². The Morgan fingerprint density at radius 2 is 2.12 bits per heavy atom. The van der Waals surface area contributed by atoms with E-state index in [0.717, 1.165) is 32.7 Å². The van der Waals surface area contributed by atoms with Crippen LogP contribution in [0.5, 0.6) is 0 Å². The molecular weight excluding hydrogens is 210 g/mol. The lowest BCUT2D eigenvalue weighted by Gasteiger charge is -2.27. The first-order chi connectivity index (χ1) is 7.84. The molecule has 6 heteroatoms. The van der Waals surface area contributed by atoms with E-state index < -0.39 is 0 Å². The van der Waals surface area contributed by atoms with Crippen LogP contribution in [0.2, 0.25) is 0 Å². The number of guanidine groups is 1. The van der Waals surface area contributed by atoms with Gasteiger partial charge >= 0.3 is 0 Å². The lowest BCUT2D eigenvalue weighted by atomic mass is 10.4. The molecule has 1 rings (SSSR count). The van der Waals surface area contributed by atoms with Crippen LogP contribution in [-0.2, 0) is 9.47 Å². The van der Waals surface area contributed by atoms with Crippen molar-refractivity contribution in [2.24, 2.45) is 10.7 Å². The third kappa shape index (κ3) is 5.29. The van der Waals surface area contributed by atoms with Crippen LogP contribution in [0.3, 0.4) is 0 Å². The third-order valence-corrected chi connectivity index (χ3v) is 2.29. The van der Waals surface area contributed by atoms with Crippen molar-refractivity contribution in [1.82, 2.24) is 4.90 Å². The predicted octanol–water partition coefficient (Wildman–Crippen LogP) is -0.968. The number of aliphatic hydroxyl groups excluding tert-OH is 1. The second-order valence-electron chi connectivity index (χ2n) is 3.53. The molecule has 6 nitrogen and oxygen atoms in total. The van der Waals surface area contributed by atoms with E-state index in [1.807, 2.05) is 4.90 Å². The largest absolute Gasteiger partial charge is 0.394 e. The first kappa shape index (κ1) is 13.2. The van der Waals surface area contributed by atoms with Crippen molar-refractivity contribution < 1.29 is 14.6 Å². The molecule has 16 heavy (non-hydrogen) atoms. The lowest BCUT2D eigenvalue weighted by molar-refractivity contribution is 0.0673. The van der Waals surface area contributed by atoms with Crippen LogP contribution in [0.15, 0.2) is 4.99 Å². The van der Waals surface area contributed by atoms with E-state index in [4.69, 9.17) is 20.3 Å². The standard InChI is InChI=1S/C10H21N3O3/c11-10(13-3-7-16-8-4-13)12-2-1-6-15-9-5-14/h14H,1-9H2,(H2,11,12). The molecule has 0 radical (unpaired) electrons. The molecule has 0 atom stereocenters. The van der Waals surface area contributed by atoms with Gasteiger partial charge in [-0.05, 0) is 6.42 Å². The SMILES string of the molecule is NC(=NCCCOCCO)N1CCOCC1. The highest BCUT2D eigenvalue weighted by atomic mass is 16.5. The van der Waals surface area contributed by atoms with Gasteiger partial charge in [-0.2, -0.15) is 0 Å². The molecule has 0 aromatic heterocycles. The Bertz CT molecular complexity index is 205. The van der Waals surface area contributed by atoms with Crippen LogP contribution < -0.4 is 5.73 Å². The maximum Gasteiger partial charge on any atom is 0.191 e. The highest BCUT2D eigenvalue weighted by Gasteiger charge is 2.11. The number of aliphatic imine (C=N–C) groups is 1. The van der Waals surface area contributed by atoms with Crippen molar-refractivity contribution in [1.29, 1.82) is 0 Å².